The van der Waals surface area contributed by atoms with Crippen LogP contribution in [0.5, 0.6) is 5.75 Å². The fourth-order valence-corrected chi connectivity index (χ4v) is 4.52. The highest BCUT2D eigenvalue weighted by molar-refractivity contribution is 7.10. The summed E-state index contributed by atoms with van der Waals surface area (Å²) in [5, 5.41) is 9.09. The summed E-state index contributed by atoms with van der Waals surface area (Å²) in [4.78, 5) is 8.28. The van der Waals surface area contributed by atoms with Crippen molar-refractivity contribution in [2.24, 2.45) is 4.99 Å². The maximum Gasteiger partial charge on any atom is 0.191 e. The van der Waals surface area contributed by atoms with Gasteiger partial charge >= 0.3 is 0 Å². The maximum atomic E-state index is 5.73. The average Bonchev–Trinajstić information content (AvgIpc) is 3.27. The second kappa shape index (κ2) is 11.2. The predicted octanol–water partition coefficient (Wildman–Crippen LogP) is 2.93. The number of benzene rings is 1. The Balaban J connectivity index is 1.54. The van der Waals surface area contributed by atoms with Crippen molar-refractivity contribution in [2.75, 3.05) is 46.9 Å². The minimum atomic E-state index is 0.268. The molecule has 2 unspecified atom stereocenters. The molecule has 1 saturated heterocycles. The van der Waals surface area contributed by atoms with Crippen LogP contribution in [-0.2, 0) is 11.2 Å². The van der Waals surface area contributed by atoms with Crippen molar-refractivity contribution in [1.29, 1.82) is 0 Å². The summed E-state index contributed by atoms with van der Waals surface area (Å²) in [5.41, 5.74) is 1.19. The van der Waals surface area contributed by atoms with Gasteiger partial charge in [-0.25, -0.2) is 0 Å². The summed E-state index contributed by atoms with van der Waals surface area (Å²) in [6.07, 6.45) is 1.14. The smallest absolute Gasteiger partial charge is 0.191 e. The Morgan fingerprint density at radius 1 is 1.31 bits per heavy atom. The van der Waals surface area contributed by atoms with Crippen LogP contribution in [0, 0.1) is 0 Å². The van der Waals surface area contributed by atoms with Crippen LogP contribution in [0.25, 0.3) is 0 Å². The molecule has 0 spiro atoms. The quantitative estimate of drug-likeness (QED) is 0.512. The first-order chi connectivity index (χ1) is 14.2. The minimum absolute atomic E-state index is 0.268. The van der Waals surface area contributed by atoms with Gasteiger partial charge in [-0.3, -0.25) is 9.89 Å². The second-order valence-corrected chi connectivity index (χ2v) is 8.13. The Kier molecular flexibility index (Phi) is 8.34. The van der Waals surface area contributed by atoms with Crippen LogP contribution >= 0.6 is 11.3 Å². The predicted molar refractivity (Wildman–Crippen MR) is 120 cm³/mol. The Morgan fingerprint density at radius 3 is 2.90 bits per heavy atom. The van der Waals surface area contributed by atoms with Crippen molar-refractivity contribution in [2.45, 2.75) is 25.5 Å². The number of methoxy groups -OCH3 is 1. The fourth-order valence-electron chi connectivity index (χ4n) is 3.66. The van der Waals surface area contributed by atoms with Crippen molar-refractivity contribution in [3.63, 3.8) is 0 Å². The van der Waals surface area contributed by atoms with E-state index >= 15 is 0 Å². The summed E-state index contributed by atoms with van der Waals surface area (Å²) in [5.74, 6) is 1.75. The molecule has 158 valence electrons. The number of hydrogen-bond acceptors (Lipinski definition) is 5. The largest absolute Gasteiger partial charge is 0.496 e. The third-order valence-corrected chi connectivity index (χ3v) is 6.12. The molecule has 2 N–H and O–H groups in total. The molecule has 0 amide bonds. The van der Waals surface area contributed by atoms with E-state index in [0.29, 0.717) is 6.04 Å². The van der Waals surface area contributed by atoms with Crippen LogP contribution in [0.1, 0.15) is 23.4 Å². The normalized spacial score (nSPS) is 19.0. The molecule has 3 rings (SSSR count). The molecule has 6 nitrogen and oxygen atoms in total. The summed E-state index contributed by atoms with van der Waals surface area (Å²) >= 11 is 1.81. The lowest BCUT2D eigenvalue weighted by atomic mass is 10.1. The first-order valence-electron chi connectivity index (χ1n) is 10.2. The molecular weight excluding hydrogens is 384 g/mol. The lowest BCUT2D eigenvalue weighted by molar-refractivity contribution is -0.0334. The van der Waals surface area contributed by atoms with E-state index < -0.39 is 0 Å². The third-order valence-electron chi connectivity index (χ3n) is 5.15. The lowest BCUT2D eigenvalue weighted by Gasteiger charge is -2.37. The van der Waals surface area contributed by atoms with Gasteiger partial charge in [-0.1, -0.05) is 24.3 Å². The average molecular weight is 417 g/mol. The maximum absolute atomic E-state index is 5.73. The van der Waals surface area contributed by atoms with Crippen molar-refractivity contribution in [3.8, 4) is 5.75 Å². The Morgan fingerprint density at radius 2 is 2.17 bits per heavy atom. The van der Waals surface area contributed by atoms with Crippen LogP contribution in [0.3, 0.4) is 0 Å². The topological polar surface area (TPSA) is 58.1 Å². The number of nitrogens with one attached hydrogen (secondary N) is 2. The molecule has 2 atom stereocenters. The van der Waals surface area contributed by atoms with Crippen molar-refractivity contribution >= 4 is 17.3 Å². The SMILES string of the molecule is CN=C(NCCc1ccccc1OC)NCC(c1cccs1)N1CCOC(C)C1. The molecule has 1 aliphatic heterocycles. The highest BCUT2D eigenvalue weighted by atomic mass is 32.1. The van der Waals surface area contributed by atoms with E-state index in [9.17, 15) is 0 Å². The number of nitrogens with zero attached hydrogens (tertiary/aromatic N) is 2. The van der Waals surface area contributed by atoms with E-state index in [1.807, 2.05) is 36.6 Å². The second-order valence-electron chi connectivity index (χ2n) is 7.15. The Bertz CT molecular complexity index is 766. The van der Waals surface area contributed by atoms with Gasteiger partial charge in [0.05, 0.1) is 25.9 Å². The standard InChI is InChI=1S/C22H32N4O2S/c1-17-16-26(12-13-28-17)19(21-9-6-14-29-21)15-25-22(23-2)24-11-10-18-7-4-5-8-20(18)27-3/h4-9,14,17,19H,10-13,15-16H2,1-3H3,(H2,23,24,25). The zero-order chi connectivity index (χ0) is 20.5. The molecular formula is C22H32N4O2S. The van der Waals surface area contributed by atoms with Crippen LogP contribution in [0.4, 0.5) is 0 Å². The first kappa shape index (κ1) is 21.6. The van der Waals surface area contributed by atoms with Crippen LogP contribution in [0.15, 0.2) is 46.8 Å². The molecule has 0 aliphatic carbocycles. The summed E-state index contributed by atoms with van der Waals surface area (Å²) in [6, 6.07) is 12.8. The number of hydrogen-bond donors (Lipinski definition) is 2. The highest BCUT2D eigenvalue weighted by Gasteiger charge is 2.26. The van der Waals surface area contributed by atoms with Crippen LogP contribution < -0.4 is 15.4 Å². The molecule has 0 radical (unpaired) electrons. The van der Waals surface area contributed by atoms with Gasteiger partial charge in [0, 0.05) is 38.1 Å². The van der Waals surface area contributed by atoms with Crippen LogP contribution in [-0.4, -0.2) is 63.9 Å². The van der Waals surface area contributed by atoms with Gasteiger partial charge in [0.15, 0.2) is 5.96 Å². The third kappa shape index (κ3) is 6.19. The van der Waals surface area contributed by atoms with Gasteiger partial charge in [0.1, 0.15) is 5.75 Å². The molecule has 7 heteroatoms. The summed E-state index contributed by atoms with van der Waals surface area (Å²) in [6.45, 7) is 6.43. The van der Waals surface area contributed by atoms with E-state index in [4.69, 9.17) is 9.47 Å². The fraction of sp³-hybridized carbons (Fsp3) is 0.500. The van der Waals surface area contributed by atoms with Crippen molar-refractivity contribution < 1.29 is 9.47 Å². The number of aliphatic imine (C=N–C) groups is 1. The summed E-state index contributed by atoms with van der Waals surface area (Å²) in [7, 11) is 3.53. The molecule has 2 heterocycles. The first-order valence-corrected chi connectivity index (χ1v) is 11.0. The summed E-state index contributed by atoms with van der Waals surface area (Å²) < 4.78 is 11.2. The molecule has 29 heavy (non-hydrogen) atoms. The molecule has 2 aromatic rings. The molecule has 1 aliphatic rings. The number of ether oxygens (including phenoxy) is 2. The molecule has 0 bridgehead atoms. The van der Waals surface area contributed by atoms with Gasteiger partial charge < -0.3 is 20.1 Å². The van der Waals surface area contributed by atoms with Crippen LogP contribution in [0.2, 0.25) is 0 Å². The monoisotopic (exact) mass is 416 g/mol. The van der Waals surface area contributed by atoms with Crippen molar-refractivity contribution in [1.82, 2.24) is 15.5 Å². The highest BCUT2D eigenvalue weighted by Crippen LogP contribution is 2.26. The number of morpholine rings is 1. The van der Waals surface area contributed by atoms with Crippen molar-refractivity contribution in [3.05, 3.63) is 52.2 Å². The number of guanidine groups is 1. The van der Waals surface area contributed by atoms with E-state index in [0.717, 1.165) is 50.9 Å². The molecule has 0 saturated carbocycles. The van der Waals surface area contributed by atoms with Gasteiger partial charge in [0.2, 0.25) is 0 Å². The van der Waals surface area contributed by atoms with E-state index in [1.54, 1.807) is 7.11 Å². The number of rotatable bonds is 8. The zero-order valence-electron chi connectivity index (χ0n) is 17.6. The van der Waals surface area contributed by atoms with Gasteiger partial charge in [-0.05, 0) is 36.4 Å². The van der Waals surface area contributed by atoms with Gasteiger partial charge in [-0.2, -0.15) is 0 Å². The minimum Gasteiger partial charge on any atom is -0.496 e. The Labute approximate surface area is 177 Å². The molecule has 1 aromatic carbocycles. The zero-order valence-corrected chi connectivity index (χ0v) is 18.4. The van der Waals surface area contributed by atoms with E-state index in [1.165, 1.54) is 10.4 Å². The molecule has 1 fully saturated rings. The van der Waals surface area contributed by atoms with Gasteiger partial charge in [0.25, 0.3) is 0 Å². The lowest BCUT2D eigenvalue weighted by Crippen LogP contribution is -2.48. The van der Waals surface area contributed by atoms with Gasteiger partial charge in [-0.15, -0.1) is 11.3 Å². The number of para-hydroxylation sites is 1. The molecule has 1 aromatic heterocycles. The van der Waals surface area contributed by atoms with E-state index in [2.05, 4.69) is 51.0 Å². The number of thiophene rings is 1. The Hall–Kier alpha value is -2.09. The van der Waals surface area contributed by atoms with E-state index in [-0.39, 0.29) is 6.10 Å².